The highest BCUT2D eigenvalue weighted by molar-refractivity contribution is 5.96. The number of ether oxygens (including phenoxy) is 2. The fraction of sp³-hybridized carbons (Fsp3) is 0.333. The molecule has 0 unspecified atom stereocenters. The molecule has 1 rings (SSSR count). The predicted octanol–water partition coefficient (Wildman–Crippen LogP) is 1.38. The zero-order chi connectivity index (χ0) is 15.3. The molecule has 20 heavy (non-hydrogen) atoms. The fourth-order valence-corrected chi connectivity index (χ4v) is 1.40. The number of benzene rings is 1. The van der Waals surface area contributed by atoms with Crippen LogP contribution in [0.4, 0.5) is 0 Å². The molecule has 1 N–H and O–H groups in total. The third-order valence-electron chi connectivity index (χ3n) is 2.29. The summed E-state index contributed by atoms with van der Waals surface area (Å²) in [7, 11) is 2.49. The molecule has 5 nitrogen and oxygen atoms in total. The van der Waals surface area contributed by atoms with Gasteiger partial charge in [-0.2, -0.15) is 0 Å². The van der Waals surface area contributed by atoms with E-state index in [2.05, 4.69) is 21.3 Å². The van der Waals surface area contributed by atoms with Crippen molar-refractivity contribution in [2.75, 3.05) is 14.2 Å². The lowest BCUT2D eigenvalue weighted by molar-refractivity contribution is 0.0599. The van der Waals surface area contributed by atoms with E-state index in [1.807, 2.05) is 0 Å². The average molecular weight is 276 g/mol. The normalized spacial score (nSPS) is 10.2. The second kappa shape index (κ2) is 6.22. The van der Waals surface area contributed by atoms with Crippen LogP contribution in [0.1, 0.15) is 40.1 Å². The minimum Gasteiger partial charge on any atom is -0.465 e. The van der Waals surface area contributed by atoms with Gasteiger partial charge in [0.25, 0.3) is 0 Å². The van der Waals surface area contributed by atoms with Gasteiger partial charge in [-0.05, 0) is 32.0 Å². The zero-order valence-corrected chi connectivity index (χ0v) is 11.8. The van der Waals surface area contributed by atoms with Crippen molar-refractivity contribution in [3.8, 4) is 11.8 Å². The van der Waals surface area contributed by atoms with E-state index in [9.17, 15) is 14.7 Å². The van der Waals surface area contributed by atoms with E-state index in [1.54, 1.807) is 0 Å². The highest BCUT2D eigenvalue weighted by Gasteiger charge is 2.13. The lowest BCUT2D eigenvalue weighted by atomic mass is 10.0. The van der Waals surface area contributed by atoms with Crippen molar-refractivity contribution < 1.29 is 24.2 Å². The Bertz CT molecular complexity index is 550. The number of aliphatic hydroxyl groups is 1. The highest BCUT2D eigenvalue weighted by Crippen LogP contribution is 2.12. The summed E-state index contributed by atoms with van der Waals surface area (Å²) in [5.41, 5.74) is -0.381. The molecule has 5 heteroatoms. The molecule has 0 aliphatic rings. The summed E-state index contributed by atoms with van der Waals surface area (Å²) in [6, 6.07) is 4.33. The van der Waals surface area contributed by atoms with E-state index in [-0.39, 0.29) is 11.1 Å². The molecular weight excluding hydrogens is 260 g/mol. The minimum atomic E-state index is -1.17. The van der Waals surface area contributed by atoms with Crippen LogP contribution in [-0.2, 0) is 9.47 Å². The smallest absolute Gasteiger partial charge is 0.337 e. The molecule has 0 amide bonds. The molecule has 0 heterocycles. The van der Waals surface area contributed by atoms with Gasteiger partial charge >= 0.3 is 11.9 Å². The number of esters is 2. The van der Waals surface area contributed by atoms with Gasteiger partial charge in [0, 0.05) is 5.56 Å². The summed E-state index contributed by atoms with van der Waals surface area (Å²) in [5.74, 6) is 4.15. The first-order valence-electron chi connectivity index (χ1n) is 5.84. The summed E-state index contributed by atoms with van der Waals surface area (Å²) < 4.78 is 9.23. The summed E-state index contributed by atoms with van der Waals surface area (Å²) in [6.45, 7) is 3.07. The first-order chi connectivity index (χ1) is 9.26. The highest BCUT2D eigenvalue weighted by atomic mass is 16.5. The Morgan fingerprint density at radius 2 is 1.50 bits per heavy atom. The van der Waals surface area contributed by atoms with E-state index < -0.39 is 17.5 Å². The zero-order valence-electron chi connectivity index (χ0n) is 11.8. The molecule has 1 aromatic rings. The lowest BCUT2D eigenvalue weighted by Crippen LogP contribution is -2.14. The Morgan fingerprint density at radius 3 is 1.85 bits per heavy atom. The average Bonchev–Trinajstić information content (AvgIpc) is 2.42. The summed E-state index contributed by atoms with van der Waals surface area (Å²) in [6.07, 6.45) is 0. The molecule has 0 bridgehead atoms. The molecule has 0 aromatic heterocycles. The molecule has 1 aromatic carbocycles. The van der Waals surface area contributed by atoms with Crippen LogP contribution in [0.5, 0.6) is 0 Å². The van der Waals surface area contributed by atoms with Crippen LogP contribution in [0, 0.1) is 11.8 Å². The summed E-state index contributed by atoms with van der Waals surface area (Å²) in [5, 5.41) is 9.57. The van der Waals surface area contributed by atoms with Crippen LogP contribution < -0.4 is 0 Å². The van der Waals surface area contributed by atoms with Gasteiger partial charge in [-0.15, -0.1) is 0 Å². The molecule has 0 saturated heterocycles. The van der Waals surface area contributed by atoms with E-state index in [1.165, 1.54) is 46.3 Å². The monoisotopic (exact) mass is 276 g/mol. The van der Waals surface area contributed by atoms with Gasteiger partial charge in [0.05, 0.1) is 25.3 Å². The molecule has 0 saturated carbocycles. The first kappa shape index (κ1) is 15.7. The number of methoxy groups -OCH3 is 2. The van der Waals surface area contributed by atoms with Gasteiger partial charge in [0.15, 0.2) is 0 Å². The van der Waals surface area contributed by atoms with Crippen molar-refractivity contribution in [2.24, 2.45) is 0 Å². The van der Waals surface area contributed by atoms with Gasteiger partial charge in [-0.3, -0.25) is 0 Å². The molecule has 0 fully saturated rings. The van der Waals surface area contributed by atoms with Crippen molar-refractivity contribution in [3.05, 3.63) is 34.9 Å². The largest absolute Gasteiger partial charge is 0.465 e. The number of rotatable bonds is 2. The van der Waals surface area contributed by atoms with Crippen LogP contribution in [-0.4, -0.2) is 36.9 Å². The van der Waals surface area contributed by atoms with E-state index >= 15 is 0 Å². The Labute approximate surface area is 117 Å². The molecule has 0 atom stereocenters. The van der Waals surface area contributed by atoms with Gasteiger partial charge in [0.1, 0.15) is 5.60 Å². The van der Waals surface area contributed by atoms with Gasteiger partial charge in [-0.1, -0.05) is 11.8 Å². The van der Waals surface area contributed by atoms with E-state index in [0.29, 0.717) is 5.56 Å². The number of hydrogen-bond donors (Lipinski definition) is 1. The van der Waals surface area contributed by atoms with Crippen molar-refractivity contribution in [2.45, 2.75) is 19.4 Å². The maximum absolute atomic E-state index is 11.6. The second-order valence-electron chi connectivity index (χ2n) is 4.59. The third-order valence-corrected chi connectivity index (χ3v) is 2.29. The van der Waals surface area contributed by atoms with Crippen LogP contribution in [0.25, 0.3) is 0 Å². The summed E-state index contributed by atoms with van der Waals surface area (Å²) in [4.78, 5) is 23.1. The number of carbonyl (C=O) groups is 2. The molecule has 0 aliphatic carbocycles. The van der Waals surface area contributed by atoms with Crippen molar-refractivity contribution in [1.82, 2.24) is 0 Å². The third kappa shape index (κ3) is 4.41. The molecular formula is C15H16O5. The van der Waals surface area contributed by atoms with Crippen molar-refractivity contribution in [1.29, 1.82) is 0 Å². The number of hydrogen-bond acceptors (Lipinski definition) is 5. The Kier molecular flexibility index (Phi) is 4.89. The molecule has 0 spiro atoms. The maximum Gasteiger partial charge on any atom is 0.337 e. The van der Waals surface area contributed by atoms with Gasteiger partial charge in [-0.25, -0.2) is 9.59 Å². The Hall–Kier alpha value is -2.32. The molecule has 0 aliphatic heterocycles. The minimum absolute atomic E-state index is 0.190. The van der Waals surface area contributed by atoms with Crippen molar-refractivity contribution in [3.63, 3.8) is 0 Å². The Balaban J connectivity index is 3.33. The van der Waals surface area contributed by atoms with Crippen molar-refractivity contribution >= 4 is 11.9 Å². The quantitative estimate of drug-likeness (QED) is 0.652. The van der Waals surface area contributed by atoms with E-state index in [0.717, 1.165) is 0 Å². The first-order valence-corrected chi connectivity index (χ1v) is 5.84. The number of carbonyl (C=O) groups excluding carboxylic acids is 2. The fourth-order valence-electron chi connectivity index (χ4n) is 1.40. The maximum atomic E-state index is 11.6. The van der Waals surface area contributed by atoms with Crippen LogP contribution in [0.15, 0.2) is 18.2 Å². The van der Waals surface area contributed by atoms with Crippen LogP contribution in [0.2, 0.25) is 0 Å². The predicted molar refractivity (Wildman–Crippen MR) is 72.3 cm³/mol. The summed E-state index contributed by atoms with van der Waals surface area (Å²) >= 11 is 0. The molecule has 106 valence electrons. The van der Waals surface area contributed by atoms with Crippen LogP contribution >= 0.6 is 0 Å². The second-order valence-corrected chi connectivity index (χ2v) is 4.59. The topological polar surface area (TPSA) is 72.8 Å². The Morgan fingerprint density at radius 1 is 1.05 bits per heavy atom. The van der Waals surface area contributed by atoms with E-state index in [4.69, 9.17) is 0 Å². The SMILES string of the molecule is COC(=O)c1cc(C#CC(C)(C)O)cc(C(=O)OC)c1. The standard InChI is InChI=1S/C15H16O5/c1-15(2,18)6-5-10-7-11(13(16)19-3)9-12(8-10)14(17)20-4/h7-9,18H,1-4H3. The molecule has 0 radical (unpaired) electrons. The lowest BCUT2D eigenvalue weighted by Gasteiger charge is -2.07. The van der Waals surface area contributed by atoms with Crippen LogP contribution in [0.3, 0.4) is 0 Å². The van der Waals surface area contributed by atoms with Gasteiger partial charge < -0.3 is 14.6 Å². The van der Waals surface area contributed by atoms with Gasteiger partial charge in [0.2, 0.25) is 0 Å².